The Labute approximate surface area is 181 Å². The van der Waals surface area contributed by atoms with Crippen LogP contribution in [0.5, 0.6) is 0 Å². The van der Waals surface area contributed by atoms with Crippen LogP contribution in [0.3, 0.4) is 0 Å². The van der Waals surface area contributed by atoms with E-state index in [1.54, 1.807) is 17.0 Å². The van der Waals surface area contributed by atoms with Crippen molar-refractivity contribution in [2.45, 2.75) is 25.8 Å². The van der Waals surface area contributed by atoms with Gasteiger partial charge in [-0.1, -0.05) is 24.3 Å². The lowest BCUT2D eigenvalue weighted by atomic mass is 9.81. The Morgan fingerprint density at radius 1 is 0.903 bits per heavy atom. The Bertz CT molecular complexity index is 948. The van der Waals surface area contributed by atoms with Gasteiger partial charge < -0.3 is 9.80 Å². The zero-order valence-electron chi connectivity index (χ0n) is 17.3. The maximum absolute atomic E-state index is 13.3. The van der Waals surface area contributed by atoms with Gasteiger partial charge in [0.25, 0.3) is 5.91 Å². The molecule has 2 aromatic carbocycles. The van der Waals surface area contributed by atoms with Crippen LogP contribution in [0.4, 0.5) is 8.78 Å². The van der Waals surface area contributed by atoms with Gasteiger partial charge >= 0.3 is 0 Å². The highest BCUT2D eigenvalue weighted by Gasteiger charge is 2.35. The molecular weight excluding hydrogens is 398 g/mol. The highest BCUT2D eigenvalue weighted by molar-refractivity contribution is 5.94. The van der Waals surface area contributed by atoms with E-state index in [-0.39, 0.29) is 35.3 Å². The Morgan fingerprint density at radius 2 is 1.52 bits per heavy atom. The molecule has 2 aromatic rings. The molecule has 2 aliphatic rings. The summed E-state index contributed by atoms with van der Waals surface area (Å²) in [4.78, 5) is 29.6. The summed E-state index contributed by atoms with van der Waals surface area (Å²) in [5.74, 6) is -0.516. The maximum Gasteiger partial charge on any atom is 0.253 e. The molecule has 0 spiro atoms. The molecule has 0 bridgehead atoms. The van der Waals surface area contributed by atoms with Gasteiger partial charge in [0.15, 0.2) is 0 Å². The van der Waals surface area contributed by atoms with E-state index in [1.807, 2.05) is 11.0 Å². The fraction of sp³-hybridized carbons (Fsp3) is 0.360. The molecule has 1 fully saturated rings. The molecule has 0 saturated carbocycles. The van der Waals surface area contributed by atoms with Crippen LogP contribution >= 0.6 is 0 Å². The molecule has 0 aliphatic carbocycles. The second-order valence-corrected chi connectivity index (χ2v) is 8.30. The van der Waals surface area contributed by atoms with Gasteiger partial charge in [0, 0.05) is 37.7 Å². The van der Waals surface area contributed by atoms with E-state index in [1.165, 1.54) is 36.4 Å². The normalized spacial score (nSPS) is 20.1. The third-order valence-corrected chi connectivity index (χ3v) is 6.29. The van der Waals surface area contributed by atoms with Crippen LogP contribution in [-0.4, -0.2) is 41.2 Å². The van der Waals surface area contributed by atoms with Crippen LogP contribution in [0.15, 0.2) is 60.7 Å². The molecule has 1 atom stereocenters. The molecule has 6 heteroatoms. The number of carbonyl (C=O) groups excluding carboxylic acids is 2. The van der Waals surface area contributed by atoms with Crippen molar-refractivity contribution in [2.24, 2.45) is 11.8 Å². The average Bonchev–Trinajstić information content (AvgIpc) is 2.97. The van der Waals surface area contributed by atoms with Crippen LogP contribution < -0.4 is 0 Å². The standard InChI is InChI=1S/C25H26F2N2O2/c26-21-8-4-18(5-9-21)17-29-14-2-1-3-23(25(29)31)19-12-15-28(16-13-19)24(30)20-6-10-22(27)11-7-20/h1-2,4-11,19,23H,3,12-17H2/t23-/m1/s1. The Kier molecular flexibility index (Phi) is 6.44. The summed E-state index contributed by atoms with van der Waals surface area (Å²) in [7, 11) is 0. The minimum atomic E-state index is -0.361. The second kappa shape index (κ2) is 9.41. The van der Waals surface area contributed by atoms with E-state index in [9.17, 15) is 18.4 Å². The predicted molar refractivity (Wildman–Crippen MR) is 114 cm³/mol. The van der Waals surface area contributed by atoms with Gasteiger partial charge in [0.05, 0.1) is 0 Å². The van der Waals surface area contributed by atoms with Crippen LogP contribution in [0.1, 0.15) is 35.2 Å². The van der Waals surface area contributed by atoms with Gasteiger partial charge in [-0.25, -0.2) is 8.78 Å². The fourth-order valence-electron chi connectivity index (χ4n) is 4.50. The Hall–Kier alpha value is -3.02. The van der Waals surface area contributed by atoms with Crippen LogP contribution in [-0.2, 0) is 11.3 Å². The van der Waals surface area contributed by atoms with E-state index in [2.05, 4.69) is 6.08 Å². The van der Waals surface area contributed by atoms with Crippen molar-refractivity contribution in [3.8, 4) is 0 Å². The summed E-state index contributed by atoms with van der Waals surface area (Å²) in [5.41, 5.74) is 1.39. The summed E-state index contributed by atoms with van der Waals surface area (Å²) >= 11 is 0. The number of hydrogen-bond donors (Lipinski definition) is 0. The first kappa shape index (κ1) is 21.2. The Balaban J connectivity index is 1.38. The molecule has 2 aliphatic heterocycles. The van der Waals surface area contributed by atoms with E-state index < -0.39 is 0 Å². The van der Waals surface area contributed by atoms with E-state index in [0.717, 1.165) is 18.4 Å². The maximum atomic E-state index is 13.3. The van der Waals surface area contributed by atoms with Crippen molar-refractivity contribution in [2.75, 3.05) is 19.6 Å². The van der Waals surface area contributed by atoms with Gasteiger partial charge in [-0.05, 0) is 67.1 Å². The first-order chi connectivity index (χ1) is 15.0. The lowest BCUT2D eigenvalue weighted by Crippen LogP contribution is -2.44. The van der Waals surface area contributed by atoms with Crippen molar-refractivity contribution in [1.29, 1.82) is 0 Å². The molecule has 0 unspecified atom stereocenters. The third kappa shape index (κ3) is 5.01. The van der Waals surface area contributed by atoms with Crippen molar-refractivity contribution in [1.82, 2.24) is 9.80 Å². The molecule has 2 amide bonds. The molecule has 2 heterocycles. The summed E-state index contributed by atoms with van der Waals surface area (Å²) < 4.78 is 26.3. The van der Waals surface area contributed by atoms with Crippen molar-refractivity contribution < 1.29 is 18.4 Å². The number of allylic oxidation sites excluding steroid dienone is 1. The number of nitrogens with zero attached hydrogens (tertiary/aromatic N) is 2. The molecule has 0 N–H and O–H groups in total. The number of benzene rings is 2. The number of carbonyl (C=O) groups is 2. The monoisotopic (exact) mass is 424 g/mol. The largest absolute Gasteiger partial charge is 0.339 e. The summed E-state index contributed by atoms with van der Waals surface area (Å²) in [6.45, 7) is 2.19. The van der Waals surface area contributed by atoms with Gasteiger partial charge in [0.2, 0.25) is 5.91 Å². The molecule has 1 saturated heterocycles. The number of likely N-dealkylation sites (tertiary alicyclic amines) is 1. The zero-order chi connectivity index (χ0) is 21.8. The predicted octanol–water partition coefficient (Wildman–Crippen LogP) is 4.42. The summed E-state index contributed by atoms with van der Waals surface area (Å²) in [5, 5.41) is 0. The smallest absolute Gasteiger partial charge is 0.253 e. The lowest BCUT2D eigenvalue weighted by molar-refractivity contribution is -0.137. The molecule has 4 rings (SSSR count). The minimum absolute atomic E-state index is 0.0940. The highest BCUT2D eigenvalue weighted by atomic mass is 19.1. The Morgan fingerprint density at radius 3 is 2.16 bits per heavy atom. The number of hydrogen-bond acceptors (Lipinski definition) is 2. The van der Waals surface area contributed by atoms with Gasteiger partial charge in [0.1, 0.15) is 11.6 Å². The first-order valence-corrected chi connectivity index (χ1v) is 10.7. The number of rotatable bonds is 4. The molecule has 31 heavy (non-hydrogen) atoms. The second-order valence-electron chi connectivity index (χ2n) is 8.30. The lowest BCUT2D eigenvalue weighted by Gasteiger charge is -2.36. The van der Waals surface area contributed by atoms with Gasteiger partial charge in [-0.3, -0.25) is 9.59 Å². The van der Waals surface area contributed by atoms with E-state index in [4.69, 9.17) is 0 Å². The highest BCUT2D eigenvalue weighted by Crippen LogP contribution is 2.31. The summed E-state index contributed by atoms with van der Waals surface area (Å²) in [6, 6.07) is 11.9. The van der Waals surface area contributed by atoms with Crippen molar-refractivity contribution in [3.05, 3.63) is 83.4 Å². The number of piperidine rings is 1. The minimum Gasteiger partial charge on any atom is -0.339 e. The molecule has 162 valence electrons. The quantitative estimate of drug-likeness (QED) is 0.682. The average molecular weight is 424 g/mol. The van der Waals surface area contributed by atoms with Crippen molar-refractivity contribution >= 4 is 11.8 Å². The fourth-order valence-corrected chi connectivity index (χ4v) is 4.50. The van der Waals surface area contributed by atoms with E-state index in [0.29, 0.717) is 38.2 Å². The SMILES string of the molecule is O=C(c1ccc(F)cc1)N1CCC([C@H]2CC=CCN(Cc3ccc(F)cc3)C2=O)CC1. The molecule has 0 aromatic heterocycles. The molecular formula is C25H26F2N2O2. The van der Waals surface area contributed by atoms with Crippen LogP contribution in [0.2, 0.25) is 0 Å². The van der Waals surface area contributed by atoms with Gasteiger partial charge in [-0.2, -0.15) is 0 Å². The number of amides is 2. The molecule has 0 radical (unpaired) electrons. The molecule has 4 nitrogen and oxygen atoms in total. The first-order valence-electron chi connectivity index (χ1n) is 10.7. The third-order valence-electron chi connectivity index (χ3n) is 6.29. The number of halogens is 2. The summed E-state index contributed by atoms with van der Waals surface area (Å²) in [6.07, 6.45) is 6.33. The van der Waals surface area contributed by atoms with Crippen LogP contribution in [0, 0.1) is 23.5 Å². The van der Waals surface area contributed by atoms with Crippen molar-refractivity contribution in [3.63, 3.8) is 0 Å². The van der Waals surface area contributed by atoms with E-state index >= 15 is 0 Å². The van der Waals surface area contributed by atoms with Crippen LogP contribution in [0.25, 0.3) is 0 Å². The topological polar surface area (TPSA) is 40.6 Å². The van der Waals surface area contributed by atoms with Gasteiger partial charge in [-0.15, -0.1) is 0 Å². The zero-order valence-corrected chi connectivity index (χ0v) is 17.3.